The number of benzene rings is 1. The minimum atomic E-state index is -0.0468. The van der Waals surface area contributed by atoms with Crippen LogP contribution in [0.5, 0.6) is 0 Å². The lowest BCUT2D eigenvalue weighted by atomic mass is 10.0. The van der Waals surface area contributed by atoms with Gasteiger partial charge in [-0.3, -0.25) is 14.6 Å². The van der Waals surface area contributed by atoms with Crippen molar-refractivity contribution in [1.82, 2.24) is 25.1 Å². The first kappa shape index (κ1) is 22.7. The van der Waals surface area contributed by atoms with Crippen molar-refractivity contribution in [3.63, 3.8) is 0 Å². The summed E-state index contributed by atoms with van der Waals surface area (Å²) in [6.07, 6.45) is 6.64. The van der Waals surface area contributed by atoms with Crippen molar-refractivity contribution in [2.45, 2.75) is 45.7 Å². The maximum absolute atomic E-state index is 11.7. The van der Waals surface area contributed by atoms with Crippen molar-refractivity contribution in [1.29, 1.82) is 0 Å². The number of aromatic nitrogens is 2. The summed E-state index contributed by atoms with van der Waals surface area (Å²) < 4.78 is 0. The third-order valence-corrected chi connectivity index (χ3v) is 6.66. The van der Waals surface area contributed by atoms with Gasteiger partial charge in [-0.05, 0) is 37.1 Å². The molecule has 1 aromatic heterocycles. The van der Waals surface area contributed by atoms with E-state index in [9.17, 15) is 4.79 Å². The molecule has 1 N–H and O–H groups in total. The largest absolute Gasteiger partial charge is 0.355 e. The molecule has 1 fully saturated rings. The normalized spacial score (nSPS) is 17.2. The molecule has 1 amide bonds. The summed E-state index contributed by atoms with van der Waals surface area (Å²) in [5.74, 6) is 1.10. The van der Waals surface area contributed by atoms with Crippen LogP contribution >= 0.6 is 0 Å². The number of amides is 1. The van der Waals surface area contributed by atoms with E-state index in [1.54, 1.807) is 13.4 Å². The molecule has 0 radical (unpaired) electrons. The van der Waals surface area contributed by atoms with Gasteiger partial charge < -0.3 is 10.2 Å². The molecule has 1 aromatic carbocycles. The molecule has 172 valence electrons. The molecule has 0 bridgehead atoms. The van der Waals surface area contributed by atoms with Crippen LogP contribution in [0.3, 0.4) is 0 Å². The molecule has 7 nitrogen and oxygen atoms in total. The standard InChI is InChI=1S/C25H36N6O/c1-3-4-5-11-29-13-15-31(16-14-29)24-22-10-12-30(18-23(22)27-19-28-24)17-20-6-8-21(9-7-20)25(32)26-2/h6-9,19H,3-5,10-18H2,1-2H3,(H,26,32). The molecule has 3 heterocycles. The molecule has 32 heavy (non-hydrogen) atoms. The van der Waals surface area contributed by atoms with Crippen LogP contribution in [-0.2, 0) is 19.5 Å². The number of rotatable bonds is 8. The third kappa shape index (κ3) is 5.45. The van der Waals surface area contributed by atoms with Crippen LogP contribution in [0.1, 0.15) is 53.4 Å². The molecule has 0 unspecified atom stereocenters. The topological polar surface area (TPSA) is 64.6 Å². The van der Waals surface area contributed by atoms with Crippen LogP contribution in [0.2, 0.25) is 0 Å². The Balaban J connectivity index is 1.35. The van der Waals surface area contributed by atoms with Gasteiger partial charge in [-0.2, -0.15) is 0 Å². The summed E-state index contributed by atoms with van der Waals surface area (Å²) in [6.45, 7) is 10.6. The van der Waals surface area contributed by atoms with Crippen LogP contribution in [0.4, 0.5) is 5.82 Å². The molecule has 2 aliphatic heterocycles. The predicted molar refractivity (Wildman–Crippen MR) is 128 cm³/mol. The minimum Gasteiger partial charge on any atom is -0.355 e. The number of unbranched alkanes of at least 4 members (excludes halogenated alkanes) is 2. The Morgan fingerprint density at radius 1 is 1.00 bits per heavy atom. The monoisotopic (exact) mass is 436 g/mol. The van der Waals surface area contributed by atoms with Gasteiger partial charge in [-0.15, -0.1) is 0 Å². The van der Waals surface area contributed by atoms with Gasteiger partial charge in [0.25, 0.3) is 5.91 Å². The van der Waals surface area contributed by atoms with E-state index in [0.717, 1.165) is 63.7 Å². The molecule has 2 aliphatic rings. The van der Waals surface area contributed by atoms with Gasteiger partial charge >= 0.3 is 0 Å². The van der Waals surface area contributed by atoms with E-state index in [1.165, 1.54) is 36.9 Å². The molecular weight excluding hydrogens is 400 g/mol. The van der Waals surface area contributed by atoms with E-state index >= 15 is 0 Å². The molecule has 0 atom stereocenters. The number of carbonyl (C=O) groups is 1. The Morgan fingerprint density at radius 2 is 1.78 bits per heavy atom. The summed E-state index contributed by atoms with van der Waals surface area (Å²) in [6, 6.07) is 7.89. The van der Waals surface area contributed by atoms with E-state index in [4.69, 9.17) is 4.98 Å². The zero-order chi connectivity index (χ0) is 22.3. The second kappa shape index (κ2) is 10.9. The zero-order valence-corrected chi connectivity index (χ0v) is 19.5. The van der Waals surface area contributed by atoms with Gasteiger partial charge in [0.05, 0.1) is 5.69 Å². The van der Waals surface area contributed by atoms with Crippen molar-refractivity contribution in [2.75, 3.05) is 51.2 Å². The van der Waals surface area contributed by atoms with Gasteiger partial charge in [-0.1, -0.05) is 31.9 Å². The van der Waals surface area contributed by atoms with Crippen molar-refractivity contribution in [3.8, 4) is 0 Å². The molecular formula is C25H36N6O. The summed E-state index contributed by atoms with van der Waals surface area (Å²) in [5.41, 5.74) is 4.41. The quantitative estimate of drug-likeness (QED) is 0.642. The van der Waals surface area contributed by atoms with E-state index in [2.05, 4.69) is 31.9 Å². The Kier molecular flexibility index (Phi) is 7.71. The lowest BCUT2D eigenvalue weighted by Gasteiger charge is -2.37. The van der Waals surface area contributed by atoms with Crippen molar-refractivity contribution >= 4 is 11.7 Å². The molecule has 2 aromatic rings. The lowest BCUT2D eigenvalue weighted by molar-refractivity contribution is 0.0963. The average molecular weight is 437 g/mol. The fourth-order valence-electron chi connectivity index (χ4n) is 4.73. The van der Waals surface area contributed by atoms with Crippen LogP contribution < -0.4 is 10.2 Å². The maximum Gasteiger partial charge on any atom is 0.251 e. The predicted octanol–water partition coefficient (Wildman–Crippen LogP) is 2.71. The number of anilines is 1. The second-order valence-corrected chi connectivity index (χ2v) is 8.90. The highest BCUT2D eigenvalue weighted by Gasteiger charge is 2.25. The van der Waals surface area contributed by atoms with Crippen LogP contribution in [0.15, 0.2) is 30.6 Å². The molecule has 0 saturated carbocycles. The molecule has 0 spiro atoms. The van der Waals surface area contributed by atoms with Crippen LogP contribution in [0.25, 0.3) is 0 Å². The minimum absolute atomic E-state index is 0.0468. The summed E-state index contributed by atoms with van der Waals surface area (Å²) in [4.78, 5) is 28.6. The Hall–Kier alpha value is -2.51. The number of piperazine rings is 1. The van der Waals surface area contributed by atoms with E-state index in [0.29, 0.717) is 5.56 Å². The fourth-order valence-corrected chi connectivity index (χ4v) is 4.73. The molecule has 4 rings (SSSR count). The number of carbonyl (C=O) groups excluding carboxylic acids is 1. The Morgan fingerprint density at radius 3 is 2.50 bits per heavy atom. The molecule has 0 aliphatic carbocycles. The second-order valence-electron chi connectivity index (χ2n) is 8.90. The number of fused-ring (bicyclic) bond motifs is 1. The molecule has 7 heteroatoms. The fraction of sp³-hybridized carbons (Fsp3) is 0.560. The highest BCUT2D eigenvalue weighted by molar-refractivity contribution is 5.93. The zero-order valence-electron chi connectivity index (χ0n) is 19.5. The highest BCUT2D eigenvalue weighted by Crippen LogP contribution is 2.27. The first-order valence-corrected chi connectivity index (χ1v) is 12.0. The van der Waals surface area contributed by atoms with Gasteiger partial charge in [0.15, 0.2) is 0 Å². The smallest absolute Gasteiger partial charge is 0.251 e. The Labute approximate surface area is 191 Å². The number of nitrogens with zero attached hydrogens (tertiary/aromatic N) is 5. The van der Waals surface area contributed by atoms with E-state index in [1.807, 2.05) is 24.3 Å². The van der Waals surface area contributed by atoms with Gasteiger partial charge in [0, 0.05) is 64.0 Å². The van der Waals surface area contributed by atoms with Gasteiger partial charge in [0.1, 0.15) is 12.1 Å². The Bertz CT molecular complexity index is 892. The number of hydrogen-bond donors (Lipinski definition) is 1. The number of nitrogens with one attached hydrogen (secondary N) is 1. The van der Waals surface area contributed by atoms with E-state index in [-0.39, 0.29) is 5.91 Å². The summed E-state index contributed by atoms with van der Waals surface area (Å²) in [7, 11) is 1.66. The SMILES string of the molecule is CCCCCN1CCN(c2ncnc3c2CCN(Cc2ccc(C(=O)NC)cc2)C3)CC1. The first-order chi connectivity index (χ1) is 15.7. The maximum atomic E-state index is 11.7. The summed E-state index contributed by atoms with van der Waals surface area (Å²) in [5, 5.41) is 2.67. The van der Waals surface area contributed by atoms with Gasteiger partial charge in [0.2, 0.25) is 0 Å². The summed E-state index contributed by atoms with van der Waals surface area (Å²) >= 11 is 0. The van der Waals surface area contributed by atoms with Gasteiger partial charge in [-0.25, -0.2) is 9.97 Å². The van der Waals surface area contributed by atoms with Crippen LogP contribution in [0, 0.1) is 0 Å². The van der Waals surface area contributed by atoms with Crippen molar-refractivity contribution in [2.24, 2.45) is 0 Å². The number of hydrogen-bond acceptors (Lipinski definition) is 6. The third-order valence-electron chi connectivity index (χ3n) is 6.66. The van der Waals surface area contributed by atoms with Crippen LogP contribution in [-0.4, -0.2) is 72.0 Å². The van der Waals surface area contributed by atoms with E-state index < -0.39 is 0 Å². The van der Waals surface area contributed by atoms with Crippen molar-refractivity contribution in [3.05, 3.63) is 53.0 Å². The van der Waals surface area contributed by atoms with Crippen molar-refractivity contribution < 1.29 is 4.79 Å². The lowest BCUT2D eigenvalue weighted by Crippen LogP contribution is -2.47. The highest BCUT2D eigenvalue weighted by atomic mass is 16.1. The average Bonchev–Trinajstić information content (AvgIpc) is 2.84. The first-order valence-electron chi connectivity index (χ1n) is 12.0. The molecule has 1 saturated heterocycles.